The number of amides is 2. The molecule has 1 atom stereocenters. The van der Waals surface area contributed by atoms with E-state index in [1.54, 1.807) is 24.1 Å². The number of likely N-dealkylation sites (N-methyl/N-ethyl adjacent to an activating group) is 1. The van der Waals surface area contributed by atoms with Crippen LogP contribution in [0.3, 0.4) is 0 Å². The zero-order valence-corrected chi connectivity index (χ0v) is 16.2. The van der Waals surface area contributed by atoms with Crippen molar-refractivity contribution >= 4 is 11.8 Å². The van der Waals surface area contributed by atoms with Gasteiger partial charge in [-0.25, -0.2) is 4.39 Å². The number of hydrogen-bond donors (Lipinski definition) is 1. The number of halogens is 1. The first-order valence-electron chi connectivity index (χ1n) is 9.67. The Hall–Kier alpha value is -1.99. The van der Waals surface area contributed by atoms with Crippen molar-refractivity contribution in [2.24, 2.45) is 0 Å². The van der Waals surface area contributed by atoms with E-state index in [0.29, 0.717) is 19.1 Å². The van der Waals surface area contributed by atoms with Gasteiger partial charge in [-0.3, -0.25) is 19.4 Å². The van der Waals surface area contributed by atoms with Gasteiger partial charge in [-0.05, 0) is 37.5 Å². The molecule has 0 radical (unpaired) electrons. The molecule has 7 heteroatoms. The second-order valence-corrected chi connectivity index (χ2v) is 7.63. The van der Waals surface area contributed by atoms with Crippen LogP contribution in [0.25, 0.3) is 0 Å². The SMILES string of the molecule is CC(c1ccc(F)cc1)N(C)C(=O)CN1CCN(CC(=O)NC2CC2)CC1. The maximum absolute atomic E-state index is 13.1. The second-order valence-electron chi connectivity index (χ2n) is 7.63. The van der Waals surface area contributed by atoms with Crippen molar-refractivity contribution in [3.05, 3.63) is 35.6 Å². The molecule has 1 aliphatic carbocycles. The summed E-state index contributed by atoms with van der Waals surface area (Å²) in [4.78, 5) is 30.5. The molecule has 3 rings (SSSR count). The Kier molecular flexibility index (Phi) is 6.44. The van der Waals surface area contributed by atoms with Crippen LogP contribution in [0, 0.1) is 5.82 Å². The molecule has 27 heavy (non-hydrogen) atoms. The minimum atomic E-state index is -0.274. The van der Waals surface area contributed by atoms with Crippen LogP contribution in [0.15, 0.2) is 24.3 Å². The molecule has 6 nitrogen and oxygen atoms in total. The van der Waals surface area contributed by atoms with Gasteiger partial charge in [0, 0.05) is 39.3 Å². The summed E-state index contributed by atoms with van der Waals surface area (Å²) in [6.07, 6.45) is 2.21. The van der Waals surface area contributed by atoms with Crippen molar-refractivity contribution in [1.29, 1.82) is 0 Å². The maximum Gasteiger partial charge on any atom is 0.236 e. The van der Waals surface area contributed by atoms with Crippen molar-refractivity contribution in [3.63, 3.8) is 0 Å². The molecule has 1 aromatic carbocycles. The average Bonchev–Trinajstić information content (AvgIpc) is 3.46. The van der Waals surface area contributed by atoms with Crippen molar-refractivity contribution in [1.82, 2.24) is 20.0 Å². The van der Waals surface area contributed by atoms with E-state index in [4.69, 9.17) is 0 Å². The van der Waals surface area contributed by atoms with Crippen LogP contribution in [-0.4, -0.2) is 78.9 Å². The van der Waals surface area contributed by atoms with E-state index in [0.717, 1.165) is 44.6 Å². The number of benzene rings is 1. The number of hydrogen-bond acceptors (Lipinski definition) is 4. The molecule has 1 aromatic rings. The lowest BCUT2D eigenvalue weighted by atomic mass is 10.1. The van der Waals surface area contributed by atoms with E-state index < -0.39 is 0 Å². The molecule has 1 saturated carbocycles. The normalized spacial score (nSPS) is 19.5. The first kappa shape index (κ1) is 19.8. The van der Waals surface area contributed by atoms with Gasteiger partial charge >= 0.3 is 0 Å². The Morgan fingerprint density at radius 1 is 1.11 bits per heavy atom. The summed E-state index contributed by atoms with van der Waals surface area (Å²) in [5.74, 6) is -0.120. The molecule has 1 unspecified atom stereocenters. The standard InChI is InChI=1S/C20H29FN4O2/c1-15(16-3-5-17(21)6-4-16)23(2)20(27)14-25-11-9-24(10-12-25)13-19(26)22-18-7-8-18/h3-6,15,18H,7-14H2,1-2H3,(H,22,26). The molecule has 0 aromatic heterocycles. The lowest BCUT2D eigenvalue weighted by Gasteiger charge is -2.35. The third-order valence-corrected chi connectivity index (χ3v) is 5.46. The molecule has 2 aliphatic rings. The van der Waals surface area contributed by atoms with Crippen LogP contribution >= 0.6 is 0 Å². The molecule has 1 heterocycles. The average molecular weight is 376 g/mol. The number of carbonyl (C=O) groups excluding carboxylic acids is 2. The van der Waals surface area contributed by atoms with E-state index in [9.17, 15) is 14.0 Å². The molecule has 0 spiro atoms. The zero-order valence-electron chi connectivity index (χ0n) is 16.2. The second kappa shape index (κ2) is 8.80. The lowest BCUT2D eigenvalue weighted by Crippen LogP contribution is -2.51. The summed E-state index contributed by atoms with van der Waals surface area (Å²) in [7, 11) is 1.79. The highest BCUT2D eigenvalue weighted by Crippen LogP contribution is 2.20. The minimum absolute atomic E-state index is 0.0479. The van der Waals surface area contributed by atoms with Crippen LogP contribution in [0.5, 0.6) is 0 Å². The fourth-order valence-electron chi connectivity index (χ4n) is 3.29. The predicted octanol–water partition coefficient (Wildman–Crippen LogP) is 1.24. The quantitative estimate of drug-likeness (QED) is 0.778. The topological polar surface area (TPSA) is 55.9 Å². The highest BCUT2D eigenvalue weighted by molar-refractivity contribution is 5.79. The van der Waals surface area contributed by atoms with Crippen LogP contribution < -0.4 is 5.32 Å². The van der Waals surface area contributed by atoms with E-state index >= 15 is 0 Å². The smallest absolute Gasteiger partial charge is 0.236 e. The van der Waals surface area contributed by atoms with Crippen LogP contribution in [0.2, 0.25) is 0 Å². The lowest BCUT2D eigenvalue weighted by molar-refractivity contribution is -0.134. The largest absolute Gasteiger partial charge is 0.352 e. The monoisotopic (exact) mass is 376 g/mol. The number of rotatable bonds is 7. The first-order chi connectivity index (χ1) is 12.9. The third kappa shape index (κ3) is 5.74. The highest BCUT2D eigenvalue weighted by Gasteiger charge is 2.26. The summed E-state index contributed by atoms with van der Waals surface area (Å²) in [6.45, 7) is 5.90. The van der Waals surface area contributed by atoms with Gasteiger partial charge in [-0.2, -0.15) is 0 Å². The maximum atomic E-state index is 13.1. The molecule has 0 bridgehead atoms. The predicted molar refractivity (Wildman–Crippen MR) is 102 cm³/mol. The summed E-state index contributed by atoms with van der Waals surface area (Å²) >= 11 is 0. The van der Waals surface area contributed by atoms with Gasteiger partial charge in [0.05, 0.1) is 19.1 Å². The van der Waals surface area contributed by atoms with Gasteiger partial charge in [-0.15, -0.1) is 0 Å². The molecule has 1 N–H and O–H groups in total. The Morgan fingerprint density at radius 3 is 2.22 bits per heavy atom. The minimum Gasteiger partial charge on any atom is -0.352 e. The summed E-state index contributed by atoms with van der Waals surface area (Å²) in [5, 5.41) is 3.01. The molecular formula is C20H29FN4O2. The van der Waals surface area contributed by atoms with Crippen molar-refractivity contribution in [2.45, 2.75) is 31.8 Å². The van der Waals surface area contributed by atoms with E-state index in [-0.39, 0.29) is 23.7 Å². The first-order valence-corrected chi connectivity index (χ1v) is 9.67. The van der Waals surface area contributed by atoms with Crippen LogP contribution in [-0.2, 0) is 9.59 Å². The van der Waals surface area contributed by atoms with Gasteiger partial charge < -0.3 is 10.2 Å². The molecule has 1 aliphatic heterocycles. The van der Waals surface area contributed by atoms with Gasteiger partial charge in [-0.1, -0.05) is 12.1 Å². The van der Waals surface area contributed by atoms with E-state index in [1.165, 1.54) is 12.1 Å². The fourth-order valence-corrected chi connectivity index (χ4v) is 3.29. The molecule has 2 amide bonds. The van der Waals surface area contributed by atoms with E-state index in [2.05, 4.69) is 15.1 Å². The summed E-state index contributed by atoms with van der Waals surface area (Å²) in [5.41, 5.74) is 0.916. The Balaban J connectivity index is 1.41. The van der Waals surface area contributed by atoms with Gasteiger partial charge in [0.2, 0.25) is 11.8 Å². The number of nitrogens with one attached hydrogen (secondary N) is 1. The molecule has 1 saturated heterocycles. The molecule has 148 valence electrons. The zero-order chi connectivity index (χ0) is 19.4. The van der Waals surface area contributed by atoms with Crippen LogP contribution in [0.4, 0.5) is 4.39 Å². The van der Waals surface area contributed by atoms with Gasteiger partial charge in [0.25, 0.3) is 0 Å². The fraction of sp³-hybridized carbons (Fsp3) is 0.600. The highest BCUT2D eigenvalue weighted by atomic mass is 19.1. The van der Waals surface area contributed by atoms with E-state index in [1.807, 2.05) is 6.92 Å². The molecular weight excluding hydrogens is 347 g/mol. The Bertz CT molecular complexity index is 654. The third-order valence-electron chi connectivity index (χ3n) is 5.46. The van der Waals surface area contributed by atoms with Crippen LogP contribution in [0.1, 0.15) is 31.4 Å². The summed E-state index contributed by atoms with van der Waals surface area (Å²) in [6, 6.07) is 6.57. The van der Waals surface area contributed by atoms with Gasteiger partial charge in [0.15, 0.2) is 0 Å². The Labute approximate surface area is 160 Å². The number of piperazine rings is 1. The molecule has 2 fully saturated rings. The Morgan fingerprint density at radius 2 is 1.67 bits per heavy atom. The van der Waals surface area contributed by atoms with Crippen molar-refractivity contribution < 1.29 is 14.0 Å². The van der Waals surface area contributed by atoms with Gasteiger partial charge in [0.1, 0.15) is 5.82 Å². The summed E-state index contributed by atoms with van der Waals surface area (Å²) < 4.78 is 13.1. The number of nitrogens with zero attached hydrogens (tertiary/aromatic N) is 3. The van der Waals surface area contributed by atoms with Crippen molar-refractivity contribution in [3.8, 4) is 0 Å². The number of carbonyl (C=O) groups is 2. The van der Waals surface area contributed by atoms with Crippen molar-refractivity contribution in [2.75, 3.05) is 46.3 Å².